The van der Waals surface area contributed by atoms with Gasteiger partial charge in [0.25, 0.3) is 10.1 Å². The molecule has 0 N–H and O–H groups in total. The van der Waals surface area contributed by atoms with Crippen LogP contribution < -0.4 is 0 Å². The Morgan fingerprint density at radius 2 is 1.62 bits per heavy atom. The lowest BCUT2D eigenvalue weighted by Gasteiger charge is -2.11. The third-order valence-corrected chi connectivity index (χ3v) is 5.50. The lowest BCUT2D eigenvalue weighted by atomic mass is 10.1. The van der Waals surface area contributed by atoms with Crippen LogP contribution in [0.3, 0.4) is 0 Å². The molecule has 0 saturated carbocycles. The molecule has 0 fully saturated rings. The standard InChI is InChI=1S/C13H8Cl4O3S/c1-20-21(18,19)12-6-8(14)5-9(13(12)17)7-2-3-10(15)11(16)4-7/h2-6H,1H3. The topological polar surface area (TPSA) is 43.4 Å². The van der Waals surface area contributed by atoms with Crippen molar-refractivity contribution in [1.29, 1.82) is 0 Å². The highest BCUT2D eigenvalue weighted by atomic mass is 35.5. The monoisotopic (exact) mass is 384 g/mol. The minimum atomic E-state index is -3.98. The van der Waals surface area contributed by atoms with Gasteiger partial charge in [-0.2, -0.15) is 8.42 Å². The van der Waals surface area contributed by atoms with E-state index in [9.17, 15) is 8.42 Å². The Kier molecular flexibility index (Phi) is 5.08. The largest absolute Gasteiger partial charge is 0.298 e. The first kappa shape index (κ1) is 16.9. The maximum atomic E-state index is 11.9. The van der Waals surface area contributed by atoms with Gasteiger partial charge >= 0.3 is 0 Å². The second-order valence-electron chi connectivity index (χ2n) is 4.02. The van der Waals surface area contributed by atoms with Gasteiger partial charge in [-0.3, -0.25) is 4.18 Å². The van der Waals surface area contributed by atoms with Gasteiger partial charge in [0, 0.05) is 10.6 Å². The van der Waals surface area contributed by atoms with Crippen molar-refractivity contribution in [2.24, 2.45) is 0 Å². The molecule has 21 heavy (non-hydrogen) atoms. The van der Waals surface area contributed by atoms with E-state index in [-0.39, 0.29) is 14.9 Å². The average Bonchev–Trinajstić information content (AvgIpc) is 2.44. The van der Waals surface area contributed by atoms with Gasteiger partial charge in [0.05, 0.1) is 22.2 Å². The number of rotatable bonds is 3. The minimum Gasteiger partial charge on any atom is -0.270 e. The number of halogens is 4. The summed E-state index contributed by atoms with van der Waals surface area (Å²) in [5.74, 6) is 0. The Morgan fingerprint density at radius 3 is 2.19 bits per heavy atom. The highest BCUT2D eigenvalue weighted by molar-refractivity contribution is 7.86. The van der Waals surface area contributed by atoms with Gasteiger partial charge in [-0.1, -0.05) is 52.5 Å². The van der Waals surface area contributed by atoms with Crippen molar-refractivity contribution < 1.29 is 12.6 Å². The summed E-state index contributed by atoms with van der Waals surface area (Å²) in [6.45, 7) is 0. The first-order valence-electron chi connectivity index (χ1n) is 5.51. The molecule has 0 amide bonds. The van der Waals surface area contributed by atoms with Crippen LogP contribution in [0.5, 0.6) is 0 Å². The summed E-state index contributed by atoms with van der Waals surface area (Å²) in [7, 11) is -2.93. The Morgan fingerprint density at radius 1 is 0.952 bits per heavy atom. The van der Waals surface area contributed by atoms with Crippen LogP contribution in [0.25, 0.3) is 11.1 Å². The normalized spacial score (nSPS) is 11.7. The van der Waals surface area contributed by atoms with E-state index < -0.39 is 10.1 Å². The van der Waals surface area contributed by atoms with Gasteiger partial charge in [0.1, 0.15) is 4.90 Å². The third kappa shape index (κ3) is 3.47. The molecule has 0 aromatic heterocycles. The molecule has 0 saturated heterocycles. The number of benzene rings is 2. The third-order valence-electron chi connectivity index (χ3n) is 2.72. The first-order valence-corrected chi connectivity index (χ1v) is 8.43. The second-order valence-corrected chi connectivity index (χ2v) is 7.33. The molecule has 0 aliphatic heterocycles. The fourth-order valence-corrected chi connectivity index (χ4v) is 3.57. The first-order chi connectivity index (χ1) is 9.76. The van der Waals surface area contributed by atoms with Crippen molar-refractivity contribution in [2.75, 3.05) is 7.11 Å². The molecule has 0 radical (unpaired) electrons. The summed E-state index contributed by atoms with van der Waals surface area (Å²) in [4.78, 5) is -0.208. The molecule has 0 atom stereocenters. The van der Waals surface area contributed by atoms with Gasteiger partial charge < -0.3 is 0 Å². The summed E-state index contributed by atoms with van der Waals surface area (Å²) in [5.41, 5.74) is 1.00. The molecule has 8 heteroatoms. The van der Waals surface area contributed by atoms with E-state index in [1.54, 1.807) is 18.2 Å². The lowest BCUT2D eigenvalue weighted by Crippen LogP contribution is -2.04. The van der Waals surface area contributed by atoms with E-state index in [2.05, 4.69) is 4.18 Å². The minimum absolute atomic E-state index is 0.000334. The van der Waals surface area contributed by atoms with Crippen LogP contribution in [-0.2, 0) is 14.3 Å². The fourth-order valence-electron chi connectivity index (χ4n) is 1.71. The molecular formula is C13H8Cl4O3S. The van der Waals surface area contributed by atoms with Crippen LogP contribution in [0.4, 0.5) is 0 Å². The Labute approximate surface area is 142 Å². The molecule has 2 rings (SSSR count). The van der Waals surface area contributed by atoms with E-state index >= 15 is 0 Å². The highest BCUT2D eigenvalue weighted by Crippen LogP contribution is 2.38. The lowest BCUT2D eigenvalue weighted by molar-refractivity contribution is 0.398. The SMILES string of the molecule is COS(=O)(=O)c1cc(Cl)cc(-c2ccc(Cl)c(Cl)c2)c1Cl. The summed E-state index contributed by atoms with van der Waals surface area (Å²) in [5, 5.41) is 0.903. The van der Waals surface area contributed by atoms with E-state index in [0.717, 1.165) is 7.11 Å². The highest BCUT2D eigenvalue weighted by Gasteiger charge is 2.21. The van der Waals surface area contributed by atoms with Crippen LogP contribution in [0.15, 0.2) is 35.2 Å². The van der Waals surface area contributed by atoms with Crippen molar-refractivity contribution in [3.8, 4) is 11.1 Å². The smallest absolute Gasteiger partial charge is 0.270 e. The predicted molar refractivity (Wildman–Crippen MR) is 86.1 cm³/mol. The second kappa shape index (κ2) is 6.32. The summed E-state index contributed by atoms with van der Waals surface area (Å²) in [6.07, 6.45) is 0. The molecule has 112 valence electrons. The molecule has 0 aliphatic carbocycles. The maximum absolute atomic E-state index is 11.9. The Hall–Kier alpha value is -0.490. The van der Waals surface area contributed by atoms with Gasteiger partial charge in [0.2, 0.25) is 0 Å². The van der Waals surface area contributed by atoms with Gasteiger partial charge in [-0.25, -0.2) is 0 Å². The molecule has 0 heterocycles. The van der Waals surface area contributed by atoms with E-state index in [1.165, 1.54) is 12.1 Å². The molecular weight excluding hydrogens is 378 g/mol. The van der Waals surface area contributed by atoms with Crippen LogP contribution in [-0.4, -0.2) is 15.5 Å². The maximum Gasteiger partial charge on any atom is 0.298 e. The quantitative estimate of drug-likeness (QED) is 0.673. The van der Waals surface area contributed by atoms with Gasteiger partial charge in [0.15, 0.2) is 0 Å². The van der Waals surface area contributed by atoms with Crippen molar-refractivity contribution in [3.63, 3.8) is 0 Å². The average molecular weight is 386 g/mol. The molecule has 2 aromatic rings. The van der Waals surface area contributed by atoms with Crippen LogP contribution >= 0.6 is 46.4 Å². The van der Waals surface area contributed by atoms with E-state index in [1.807, 2.05) is 0 Å². The summed E-state index contributed by atoms with van der Waals surface area (Å²) in [6, 6.07) is 7.59. The van der Waals surface area contributed by atoms with Gasteiger partial charge in [-0.05, 0) is 29.8 Å². The molecule has 0 bridgehead atoms. The molecule has 0 aliphatic rings. The number of hydrogen-bond donors (Lipinski definition) is 0. The van der Waals surface area contributed by atoms with Crippen molar-refractivity contribution in [2.45, 2.75) is 4.90 Å². The fraction of sp³-hybridized carbons (Fsp3) is 0.0769. The van der Waals surface area contributed by atoms with Crippen LogP contribution in [0, 0.1) is 0 Å². The summed E-state index contributed by atoms with van der Waals surface area (Å²) >= 11 is 24.0. The van der Waals surface area contributed by atoms with Crippen LogP contribution in [0.2, 0.25) is 20.1 Å². The van der Waals surface area contributed by atoms with Crippen molar-refractivity contribution >= 4 is 56.5 Å². The zero-order valence-corrected chi connectivity index (χ0v) is 14.4. The number of hydrogen-bond acceptors (Lipinski definition) is 3. The molecule has 2 aromatic carbocycles. The van der Waals surface area contributed by atoms with Gasteiger partial charge in [-0.15, -0.1) is 0 Å². The molecule has 0 spiro atoms. The zero-order valence-electron chi connectivity index (χ0n) is 10.5. The Bertz CT molecular complexity index is 803. The summed E-state index contributed by atoms with van der Waals surface area (Å²) < 4.78 is 28.2. The van der Waals surface area contributed by atoms with Crippen molar-refractivity contribution in [3.05, 3.63) is 50.4 Å². The van der Waals surface area contributed by atoms with E-state index in [0.29, 0.717) is 21.2 Å². The van der Waals surface area contributed by atoms with Crippen LogP contribution in [0.1, 0.15) is 0 Å². The zero-order chi connectivity index (χ0) is 15.8. The Balaban J connectivity index is 2.73. The molecule has 3 nitrogen and oxygen atoms in total. The molecule has 0 unspecified atom stereocenters. The van der Waals surface area contributed by atoms with Crippen molar-refractivity contribution in [1.82, 2.24) is 0 Å². The van der Waals surface area contributed by atoms with E-state index in [4.69, 9.17) is 46.4 Å². The predicted octanol–water partition coefficient (Wildman–Crippen LogP) is 5.30.